The third-order valence-electron chi connectivity index (χ3n) is 2.99. The van der Waals surface area contributed by atoms with Gasteiger partial charge >= 0.3 is 0 Å². The third-order valence-corrected chi connectivity index (χ3v) is 2.99. The fourth-order valence-electron chi connectivity index (χ4n) is 2.00. The number of amides is 1. The van der Waals surface area contributed by atoms with Gasteiger partial charge in [0, 0.05) is 13.5 Å². The summed E-state index contributed by atoms with van der Waals surface area (Å²) in [4.78, 5) is 11.3. The zero-order valence-electron chi connectivity index (χ0n) is 8.30. The molecular weight excluding hydrogens is 168 g/mol. The predicted molar refractivity (Wildman–Crippen MR) is 50.3 cm³/mol. The van der Waals surface area contributed by atoms with Crippen LogP contribution in [0.3, 0.4) is 0 Å². The van der Waals surface area contributed by atoms with E-state index in [-0.39, 0.29) is 12.0 Å². The Bertz CT molecular complexity index is 196. The maximum Gasteiger partial charge on any atom is 0.237 e. The van der Waals surface area contributed by atoms with Crippen LogP contribution in [-0.4, -0.2) is 31.7 Å². The van der Waals surface area contributed by atoms with Gasteiger partial charge in [-0.25, -0.2) is 0 Å². The van der Waals surface area contributed by atoms with Crippen molar-refractivity contribution in [3.8, 4) is 0 Å². The minimum atomic E-state index is -0.543. The summed E-state index contributed by atoms with van der Waals surface area (Å²) >= 11 is 0. The molecule has 3 N–H and O–H groups in total. The molecule has 1 aliphatic carbocycles. The van der Waals surface area contributed by atoms with Crippen LogP contribution in [0.1, 0.15) is 25.7 Å². The molecule has 2 atom stereocenters. The molecule has 1 aliphatic rings. The highest BCUT2D eigenvalue weighted by atomic mass is 16.5. The summed E-state index contributed by atoms with van der Waals surface area (Å²) in [7, 11) is 3.46. The molecule has 13 heavy (non-hydrogen) atoms. The van der Waals surface area contributed by atoms with Crippen LogP contribution in [0.15, 0.2) is 0 Å². The molecule has 0 heterocycles. The summed E-state index contributed by atoms with van der Waals surface area (Å²) in [6.45, 7) is 0. The molecule has 1 amide bonds. The normalized spacial score (nSPS) is 34.5. The van der Waals surface area contributed by atoms with Crippen molar-refractivity contribution >= 4 is 5.91 Å². The maximum atomic E-state index is 11.3. The average molecular weight is 186 g/mol. The van der Waals surface area contributed by atoms with Gasteiger partial charge in [0.2, 0.25) is 5.91 Å². The van der Waals surface area contributed by atoms with Gasteiger partial charge in [-0.2, -0.15) is 0 Å². The number of nitrogens with two attached hydrogens (primary N) is 1. The fraction of sp³-hybridized carbons (Fsp3) is 0.889. The van der Waals surface area contributed by atoms with Crippen molar-refractivity contribution in [2.45, 2.75) is 37.3 Å². The van der Waals surface area contributed by atoms with E-state index in [0.717, 1.165) is 19.3 Å². The van der Waals surface area contributed by atoms with Crippen molar-refractivity contribution in [2.75, 3.05) is 14.2 Å². The van der Waals surface area contributed by atoms with Gasteiger partial charge in [0.15, 0.2) is 0 Å². The summed E-state index contributed by atoms with van der Waals surface area (Å²) in [5.41, 5.74) is 4.83. The largest absolute Gasteiger partial charge is 0.381 e. The highest BCUT2D eigenvalue weighted by Crippen LogP contribution is 2.29. The zero-order valence-corrected chi connectivity index (χ0v) is 8.30. The van der Waals surface area contributed by atoms with Crippen LogP contribution >= 0.6 is 0 Å². The SMILES string of the molecule is CNC1(C(N)=O)CCCC(OC)C1. The van der Waals surface area contributed by atoms with E-state index in [1.165, 1.54) is 0 Å². The first kappa shape index (κ1) is 10.5. The lowest BCUT2D eigenvalue weighted by atomic mass is 9.79. The van der Waals surface area contributed by atoms with E-state index in [1.807, 2.05) is 0 Å². The monoisotopic (exact) mass is 186 g/mol. The van der Waals surface area contributed by atoms with E-state index in [9.17, 15) is 4.79 Å². The number of rotatable bonds is 3. The molecular formula is C9H18N2O2. The maximum absolute atomic E-state index is 11.3. The Hall–Kier alpha value is -0.610. The number of ether oxygens (including phenoxy) is 1. The summed E-state index contributed by atoms with van der Waals surface area (Å²) in [5.74, 6) is -0.267. The van der Waals surface area contributed by atoms with Crippen molar-refractivity contribution in [2.24, 2.45) is 5.73 Å². The topological polar surface area (TPSA) is 64.3 Å². The second-order valence-electron chi connectivity index (χ2n) is 3.65. The van der Waals surface area contributed by atoms with Crippen molar-refractivity contribution in [3.05, 3.63) is 0 Å². The lowest BCUT2D eigenvalue weighted by Gasteiger charge is -2.37. The van der Waals surface area contributed by atoms with E-state index in [0.29, 0.717) is 6.42 Å². The molecule has 0 spiro atoms. The number of hydrogen-bond acceptors (Lipinski definition) is 3. The van der Waals surface area contributed by atoms with Crippen LogP contribution in [0.25, 0.3) is 0 Å². The molecule has 0 aliphatic heterocycles. The summed E-state index contributed by atoms with van der Waals surface area (Å²) in [6.07, 6.45) is 3.68. The Morgan fingerprint density at radius 3 is 2.85 bits per heavy atom. The molecule has 0 bridgehead atoms. The zero-order chi connectivity index (χ0) is 9.90. The van der Waals surface area contributed by atoms with Gasteiger partial charge in [0.1, 0.15) is 0 Å². The molecule has 0 aromatic heterocycles. The number of primary amides is 1. The number of nitrogens with one attached hydrogen (secondary N) is 1. The van der Waals surface area contributed by atoms with E-state index in [1.54, 1.807) is 14.2 Å². The van der Waals surface area contributed by atoms with Gasteiger partial charge < -0.3 is 15.8 Å². The van der Waals surface area contributed by atoms with E-state index < -0.39 is 5.54 Å². The second kappa shape index (κ2) is 4.07. The van der Waals surface area contributed by atoms with Crippen LogP contribution in [0.5, 0.6) is 0 Å². The van der Waals surface area contributed by atoms with E-state index >= 15 is 0 Å². The summed E-state index contributed by atoms with van der Waals surface area (Å²) in [5, 5.41) is 3.03. The molecule has 0 saturated heterocycles. The highest BCUT2D eigenvalue weighted by molar-refractivity contribution is 5.84. The van der Waals surface area contributed by atoms with E-state index in [2.05, 4.69) is 5.32 Å². The second-order valence-corrected chi connectivity index (χ2v) is 3.65. The molecule has 0 radical (unpaired) electrons. The lowest BCUT2D eigenvalue weighted by molar-refractivity contribution is -0.127. The lowest BCUT2D eigenvalue weighted by Crippen LogP contribution is -2.57. The minimum Gasteiger partial charge on any atom is -0.381 e. The quantitative estimate of drug-likeness (QED) is 0.653. The Balaban J connectivity index is 2.69. The molecule has 2 unspecified atom stereocenters. The third kappa shape index (κ3) is 2.00. The number of carbonyl (C=O) groups is 1. The van der Waals surface area contributed by atoms with Crippen LogP contribution < -0.4 is 11.1 Å². The number of carbonyl (C=O) groups excluding carboxylic acids is 1. The first-order valence-electron chi connectivity index (χ1n) is 4.66. The van der Waals surface area contributed by atoms with Crippen LogP contribution in [0.2, 0.25) is 0 Å². The Labute approximate surface area is 78.8 Å². The number of methoxy groups -OCH3 is 1. The van der Waals surface area contributed by atoms with Gasteiger partial charge in [-0.05, 0) is 26.3 Å². The van der Waals surface area contributed by atoms with Gasteiger partial charge in [0.05, 0.1) is 11.6 Å². The molecule has 1 saturated carbocycles. The summed E-state index contributed by atoms with van der Waals surface area (Å²) in [6, 6.07) is 0. The summed E-state index contributed by atoms with van der Waals surface area (Å²) < 4.78 is 5.25. The van der Waals surface area contributed by atoms with Crippen LogP contribution in [-0.2, 0) is 9.53 Å². The molecule has 76 valence electrons. The molecule has 4 heteroatoms. The fourth-order valence-corrected chi connectivity index (χ4v) is 2.00. The van der Waals surface area contributed by atoms with Crippen molar-refractivity contribution in [1.29, 1.82) is 0 Å². The molecule has 1 rings (SSSR count). The van der Waals surface area contributed by atoms with Gasteiger partial charge in [-0.15, -0.1) is 0 Å². The predicted octanol–water partition coefficient (Wildman–Crippen LogP) is 0.0189. The van der Waals surface area contributed by atoms with E-state index in [4.69, 9.17) is 10.5 Å². The van der Waals surface area contributed by atoms with Crippen LogP contribution in [0, 0.1) is 0 Å². The molecule has 1 fully saturated rings. The Morgan fingerprint density at radius 1 is 1.69 bits per heavy atom. The number of likely N-dealkylation sites (N-methyl/N-ethyl adjacent to an activating group) is 1. The van der Waals surface area contributed by atoms with Crippen molar-refractivity contribution < 1.29 is 9.53 Å². The smallest absolute Gasteiger partial charge is 0.237 e. The molecule has 4 nitrogen and oxygen atoms in total. The number of hydrogen-bond donors (Lipinski definition) is 2. The van der Waals surface area contributed by atoms with Crippen LogP contribution in [0.4, 0.5) is 0 Å². The standard InChI is InChI=1S/C9H18N2O2/c1-11-9(8(10)12)5-3-4-7(6-9)13-2/h7,11H,3-6H2,1-2H3,(H2,10,12). The highest BCUT2D eigenvalue weighted by Gasteiger charge is 2.40. The van der Waals surface area contributed by atoms with Gasteiger partial charge in [-0.3, -0.25) is 4.79 Å². The minimum absolute atomic E-state index is 0.161. The Kier molecular flexibility index (Phi) is 3.27. The van der Waals surface area contributed by atoms with Gasteiger partial charge in [0.25, 0.3) is 0 Å². The molecule has 0 aromatic carbocycles. The average Bonchev–Trinajstić information content (AvgIpc) is 2.17. The first-order chi connectivity index (χ1) is 6.14. The van der Waals surface area contributed by atoms with Crippen molar-refractivity contribution in [1.82, 2.24) is 5.32 Å². The first-order valence-corrected chi connectivity index (χ1v) is 4.66. The molecule has 0 aromatic rings. The van der Waals surface area contributed by atoms with Gasteiger partial charge in [-0.1, -0.05) is 0 Å². The Morgan fingerprint density at radius 2 is 2.38 bits per heavy atom. The van der Waals surface area contributed by atoms with Crippen molar-refractivity contribution in [3.63, 3.8) is 0 Å².